The molecule has 1 unspecified atom stereocenters. The second kappa shape index (κ2) is 8.00. The van der Waals surface area contributed by atoms with E-state index in [-0.39, 0.29) is 31.4 Å². The lowest BCUT2D eigenvalue weighted by atomic mass is 10.00. The normalized spacial score (nSPS) is 19.1. The van der Waals surface area contributed by atoms with Gasteiger partial charge in [0.25, 0.3) is 0 Å². The largest absolute Gasteiger partial charge is 0.324 e. The summed E-state index contributed by atoms with van der Waals surface area (Å²) in [6.07, 6.45) is 1.56. The molecule has 10 heteroatoms. The molecule has 0 amide bonds. The molecule has 1 aromatic rings. The van der Waals surface area contributed by atoms with Crippen molar-refractivity contribution in [2.24, 2.45) is 5.92 Å². The molecule has 0 aliphatic carbocycles. The van der Waals surface area contributed by atoms with Crippen molar-refractivity contribution in [1.82, 2.24) is 9.62 Å². The van der Waals surface area contributed by atoms with E-state index >= 15 is 0 Å². The van der Waals surface area contributed by atoms with E-state index in [4.69, 9.17) is 0 Å². The van der Waals surface area contributed by atoms with E-state index in [1.165, 1.54) is 10.4 Å². The Morgan fingerprint density at radius 3 is 2.78 bits per heavy atom. The Morgan fingerprint density at radius 1 is 1.48 bits per heavy atom. The van der Waals surface area contributed by atoms with Gasteiger partial charge in [-0.1, -0.05) is 6.07 Å². The minimum Gasteiger partial charge on any atom is -0.319 e. The summed E-state index contributed by atoms with van der Waals surface area (Å²) in [5.74, 6) is -1.00. The van der Waals surface area contributed by atoms with Crippen molar-refractivity contribution < 1.29 is 17.7 Å². The number of nitrogens with one attached hydrogen (secondary N) is 1. The minimum absolute atomic E-state index is 0. The van der Waals surface area contributed by atoms with Gasteiger partial charge in [-0.05, 0) is 44.5 Å². The van der Waals surface area contributed by atoms with Crippen LogP contribution < -0.4 is 5.32 Å². The molecule has 0 saturated carbocycles. The van der Waals surface area contributed by atoms with E-state index in [2.05, 4.69) is 5.32 Å². The van der Waals surface area contributed by atoms with Crippen LogP contribution in [0.4, 0.5) is 10.1 Å². The number of nitrogens with zero attached hydrogens (tertiary/aromatic N) is 2. The topological polar surface area (TPSA) is 92.6 Å². The molecule has 130 valence electrons. The second-order valence-electron chi connectivity index (χ2n) is 5.27. The summed E-state index contributed by atoms with van der Waals surface area (Å²) < 4.78 is 40.2. The first-order chi connectivity index (χ1) is 10.4. The fourth-order valence-electron chi connectivity index (χ4n) is 2.72. The number of rotatable bonds is 5. The number of halogens is 2. The predicted molar refractivity (Wildman–Crippen MR) is 85.7 cm³/mol. The summed E-state index contributed by atoms with van der Waals surface area (Å²) in [5, 5.41) is 14.0. The van der Waals surface area contributed by atoms with Gasteiger partial charge >= 0.3 is 5.69 Å². The summed E-state index contributed by atoms with van der Waals surface area (Å²) in [6.45, 7) is 1.23. The van der Waals surface area contributed by atoms with Crippen LogP contribution >= 0.6 is 12.4 Å². The average molecular weight is 368 g/mol. The van der Waals surface area contributed by atoms with Gasteiger partial charge in [-0.3, -0.25) is 10.1 Å². The van der Waals surface area contributed by atoms with E-state index < -0.39 is 31.3 Å². The summed E-state index contributed by atoms with van der Waals surface area (Å²) in [4.78, 5) is 9.44. The Balaban J connectivity index is 0.00000264. The van der Waals surface area contributed by atoms with Gasteiger partial charge in [0.15, 0.2) is 4.90 Å². The van der Waals surface area contributed by atoms with E-state index in [9.17, 15) is 22.9 Å². The molecule has 1 aliphatic rings. The fraction of sp³-hybridized carbons (Fsp3) is 0.538. The van der Waals surface area contributed by atoms with Gasteiger partial charge in [-0.2, -0.15) is 8.70 Å². The molecule has 7 nitrogen and oxygen atoms in total. The third kappa shape index (κ3) is 4.17. The summed E-state index contributed by atoms with van der Waals surface area (Å²) >= 11 is 0. The van der Waals surface area contributed by atoms with Crippen LogP contribution in [-0.2, 0) is 10.0 Å². The number of para-hydroxylation sites is 1. The van der Waals surface area contributed by atoms with E-state index in [0.717, 1.165) is 18.6 Å². The number of benzene rings is 1. The number of piperidine rings is 1. The molecular formula is C13H19ClFN3O4S. The van der Waals surface area contributed by atoms with Gasteiger partial charge in [0.05, 0.1) is 4.92 Å². The Bertz CT molecular complexity index is 669. The SMILES string of the molecule is CNCC1CCCN(S(=O)(=O)c2cccc(F)c2[N+](=O)[O-])C1.Cl. The summed E-state index contributed by atoms with van der Waals surface area (Å²) in [5.41, 5.74) is -0.988. The van der Waals surface area contributed by atoms with Crippen molar-refractivity contribution in [1.29, 1.82) is 0 Å². The highest BCUT2D eigenvalue weighted by molar-refractivity contribution is 7.89. The molecule has 0 spiro atoms. The molecule has 1 heterocycles. The van der Waals surface area contributed by atoms with Gasteiger partial charge in [0.2, 0.25) is 15.8 Å². The van der Waals surface area contributed by atoms with Gasteiger partial charge in [0, 0.05) is 13.1 Å². The van der Waals surface area contributed by atoms with Crippen molar-refractivity contribution in [3.8, 4) is 0 Å². The molecule has 2 rings (SSSR count). The summed E-state index contributed by atoms with van der Waals surface area (Å²) in [6, 6.07) is 3.14. The van der Waals surface area contributed by atoms with Crippen LogP contribution in [0.2, 0.25) is 0 Å². The van der Waals surface area contributed by atoms with Crippen LogP contribution in [0.25, 0.3) is 0 Å². The van der Waals surface area contributed by atoms with Crippen LogP contribution in [0.3, 0.4) is 0 Å². The lowest BCUT2D eigenvalue weighted by Crippen LogP contribution is -2.42. The molecule has 0 radical (unpaired) electrons. The van der Waals surface area contributed by atoms with Crippen LogP contribution in [0.15, 0.2) is 23.1 Å². The molecule has 1 atom stereocenters. The van der Waals surface area contributed by atoms with Crippen molar-refractivity contribution >= 4 is 28.1 Å². The lowest BCUT2D eigenvalue weighted by Gasteiger charge is -2.31. The zero-order chi connectivity index (χ0) is 16.3. The molecule has 23 heavy (non-hydrogen) atoms. The maximum Gasteiger partial charge on any atom is 0.324 e. The first-order valence-corrected chi connectivity index (χ1v) is 8.39. The van der Waals surface area contributed by atoms with Crippen molar-refractivity contribution in [3.63, 3.8) is 0 Å². The Labute approximate surface area is 140 Å². The standard InChI is InChI=1S/C13H18FN3O4S.ClH/c1-15-8-10-4-3-7-16(9-10)22(20,21)12-6-2-5-11(14)13(12)17(18)19;/h2,5-6,10,15H,3-4,7-9H2,1H3;1H. The Kier molecular flexibility index (Phi) is 6.87. The maximum atomic E-state index is 13.7. The fourth-order valence-corrected chi connectivity index (χ4v) is 4.44. The highest BCUT2D eigenvalue weighted by Gasteiger charge is 2.36. The molecular weight excluding hydrogens is 349 g/mol. The maximum absolute atomic E-state index is 13.7. The average Bonchev–Trinajstić information content (AvgIpc) is 2.47. The molecule has 1 N–H and O–H groups in total. The number of hydrogen-bond acceptors (Lipinski definition) is 5. The molecule has 0 bridgehead atoms. The Morgan fingerprint density at radius 2 is 2.17 bits per heavy atom. The zero-order valence-corrected chi connectivity index (χ0v) is 14.2. The van der Waals surface area contributed by atoms with Gasteiger partial charge < -0.3 is 5.32 Å². The van der Waals surface area contributed by atoms with Crippen LogP contribution in [0, 0.1) is 21.8 Å². The first kappa shape index (κ1) is 19.8. The lowest BCUT2D eigenvalue weighted by molar-refractivity contribution is -0.390. The first-order valence-electron chi connectivity index (χ1n) is 6.95. The summed E-state index contributed by atoms with van der Waals surface area (Å²) in [7, 11) is -2.30. The van der Waals surface area contributed by atoms with Gasteiger partial charge in [-0.25, -0.2) is 8.42 Å². The number of nitro benzene ring substituents is 1. The van der Waals surface area contributed by atoms with Crippen molar-refractivity contribution in [2.75, 3.05) is 26.7 Å². The quantitative estimate of drug-likeness (QED) is 0.632. The molecule has 1 aliphatic heterocycles. The predicted octanol–water partition coefficient (Wildman–Crippen LogP) is 1.78. The Hall–Kier alpha value is -1.29. The molecule has 1 fully saturated rings. The van der Waals surface area contributed by atoms with Crippen molar-refractivity contribution in [2.45, 2.75) is 17.7 Å². The third-order valence-electron chi connectivity index (χ3n) is 3.72. The minimum atomic E-state index is -4.09. The molecule has 1 aromatic carbocycles. The van der Waals surface area contributed by atoms with Crippen LogP contribution in [0.5, 0.6) is 0 Å². The highest BCUT2D eigenvalue weighted by atomic mass is 35.5. The third-order valence-corrected chi connectivity index (χ3v) is 5.62. The number of nitro groups is 1. The molecule has 1 saturated heterocycles. The van der Waals surface area contributed by atoms with Crippen LogP contribution in [0.1, 0.15) is 12.8 Å². The van der Waals surface area contributed by atoms with E-state index in [1.807, 2.05) is 0 Å². The number of sulfonamides is 1. The van der Waals surface area contributed by atoms with Crippen molar-refractivity contribution in [3.05, 3.63) is 34.1 Å². The second-order valence-corrected chi connectivity index (χ2v) is 7.18. The van der Waals surface area contributed by atoms with Crippen LogP contribution in [-0.4, -0.2) is 44.3 Å². The monoisotopic (exact) mass is 367 g/mol. The van der Waals surface area contributed by atoms with Gasteiger partial charge in [0.1, 0.15) is 0 Å². The number of hydrogen-bond donors (Lipinski definition) is 1. The highest BCUT2D eigenvalue weighted by Crippen LogP contribution is 2.31. The zero-order valence-electron chi connectivity index (χ0n) is 12.6. The van der Waals surface area contributed by atoms with E-state index in [1.54, 1.807) is 7.05 Å². The van der Waals surface area contributed by atoms with Gasteiger partial charge in [-0.15, -0.1) is 12.4 Å². The smallest absolute Gasteiger partial charge is 0.319 e. The van der Waals surface area contributed by atoms with E-state index in [0.29, 0.717) is 13.0 Å². The molecule has 0 aromatic heterocycles.